The van der Waals surface area contributed by atoms with Gasteiger partial charge in [-0.25, -0.2) is 0 Å². The van der Waals surface area contributed by atoms with Crippen molar-refractivity contribution in [2.75, 3.05) is 26.3 Å². The number of aliphatic hydroxyl groups is 2. The third-order valence-corrected chi connectivity index (χ3v) is 9.02. The van der Waals surface area contributed by atoms with Gasteiger partial charge < -0.3 is 34.6 Å². The van der Waals surface area contributed by atoms with E-state index in [1.807, 2.05) is 6.92 Å². The molecule has 2 fully saturated rings. The number of morpholine rings is 1. The first-order chi connectivity index (χ1) is 19.1. The van der Waals surface area contributed by atoms with Gasteiger partial charge in [0.15, 0.2) is 17.9 Å². The van der Waals surface area contributed by atoms with Gasteiger partial charge in [-0.2, -0.15) is 0 Å². The van der Waals surface area contributed by atoms with Crippen molar-refractivity contribution in [1.82, 2.24) is 4.90 Å². The second-order valence-electron chi connectivity index (χ2n) is 11.3. The lowest BCUT2D eigenvalue weighted by Crippen LogP contribution is -2.57. The predicted octanol–water partition coefficient (Wildman–Crippen LogP) is 2.21. The molecule has 10 nitrogen and oxygen atoms in total. The van der Waals surface area contributed by atoms with E-state index in [1.165, 1.54) is 12.1 Å². The molecule has 4 aliphatic rings. The summed E-state index contributed by atoms with van der Waals surface area (Å²) in [5.41, 5.74) is -1.13. The number of benzene rings is 2. The lowest BCUT2D eigenvalue weighted by Gasteiger charge is -2.46. The second kappa shape index (κ2) is 10.2. The minimum Gasteiger partial charge on any atom is -0.507 e. The standard InChI is InChI=1S/C30H35NO9/c1-3-30(37)13-18-22(29(36)24-23(28(18)35)26(33)16-6-4-5-7-17(16)27(24)34)20(14-30)40-21-12-19(25(32)15(2)39-21)31-8-10-38-11-9-31/h4-7,15,19-21,25,32,35-37H,3,8-14H2,1-2H3. The zero-order valence-electron chi connectivity index (χ0n) is 22.6. The zero-order valence-corrected chi connectivity index (χ0v) is 22.6. The van der Waals surface area contributed by atoms with Crippen LogP contribution in [-0.2, 0) is 20.6 Å². The van der Waals surface area contributed by atoms with Gasteiger partial charge in [0, 0.05) is 60.6 Å². The highest BCUT2D eigenvalue weighted by Gasteiger charge is 2.47. The molecule has 2 aliphatic heterocycles. The molecule has 0 radical (unpaired) electrons. The van der Waals surface area contributed by atoms with E-state index in [2.05, 4.69) is 4.90 Å². The molecule has 0 saturated carbocycles. The molecule has 2 aromatic rings. The Kier molecular flexibility index (Phi) is 6.97. The van der Waals surface area contributed by atoms with Crippen LogP contribution in [0.15, 0.2) is 24.3 Å². The van der Waals surface area contributed by atoms with E-state index >= 15 is 0 Å². The molecule has 214 valence electrons. The summed E-state index contributed by atoms with van der Waals surface area (Å²) in [5, 5.41) is 45.3. The summed E-state index contributed by atoms with van der Waals surface area (Å²) in [6.07, 6.45) is -2.29. The van der Waals surface area contributed by atoms with Crippen LogP contribution in [0.5, 0.6) is 11.5 Å². The molecule has 6 unspecified atom stereocenters. The van der Waals surface area contributed by atoms with Crippen LogP contribution in [-0.4, -0.2) is 93.3 Å². The van der Waals surface area contributed by atoms with Crippen molar-refractivity contribution in [2.24, 2.45) is 0 Å². The first-order valence-electron chi connectivity index (χ1n) is 14.0. The second-order valence-corrected chi connectivity index (χ2v) is 11.3. The highest BCUT2D eigenvalue weighted by Crippen LogP contribution is 2.52. The lowest BCUT2D eigenvalue weighted by molar-refractivity contribution is -0.261. The molecule has 2 aliphatic carbocycles. The van der Waals surface area contributed by atoms with Crippen molar-refractivity contribution < 1.29 is 44.2 Å². The summed E-state index contributed by atoms with van der Waals surface area (Å²) in [7, 11) is 0. The van der Waals surface area contributed by atoms with Crippen LogP contribution < -0.4 is 0 Å². The third-order valence-electron chi connectivity index (χ3n) is 9.02. The molecule has 6 rings (SSSR count). The number of phenols is 2. The number of carbonyl (C=O) groups excluding carboxylic acids is 2. The van der Waals surface area contributed by atoms with E-state index in [4.69, 9.17) is 14.2 Å². The van der Waals surface area contributed by atoms with Crippen molar-refractivity contribution >= 4 is 11.6 Å². The molecule has 0 amide bonds. The number of carbonyl (C=O) groups is 2. The molecule has 10 heteroatoms. The van der Waals surface area contributed by atoms with Crippen molar-refractivity contribution in [3.8, 4) is 11.5 Å². The summed E-state index contributed by atoms with van der Waals surface area (Å²) in [4.78, 5) is 29.1. The Morgan fingerprint density at radius 3 is 2.30 bits per heavy atom. The predicted molar refractivity (Wildman–Crippen MR) is 142 cm³/mol. The quantitative estimate of drug-likeness (QED) is 0.355. The molecule has 2 aromatic carbocycles. The number of aromatic hydroxyl groups is 2. The van der Waals surface area contributed by atoms with Gasteiger partial charge in [0.2, 0.25) is 0 Å². The number of ether oxygens (including phenoxy) is 3. The Morgan fingerprint density at radius 1 is 1.05 bits per heavy atom. The monoisotopic (exact) mass is 553 g/mol. The SMILES string of the molecule is CCC1(O)Cc2c(O)c3c(c(O)c2C(OC2CC(N4CCOCC4)C(O)C(C)O2)C1)C(=O)c1ccccc1C3=O. The molecule has 2 saturated heterocycles. The molecular formula is C30H35NO9. The van der Waals surface area contributed by atoms with E-state index < -0.39 is 53.3 Å². The first kappa shape index (κ1) is 27.3. The molecule has 40 heavy (non-hydrogen) atoms. The third kappa shape index (κ3) is 4.34. The maximum Gasteiger partial charge on any atom is 0.198 e. The number of phenolic OH excluding ortho intramolecular Hbond substituents is 2. The van der Waals surface area contributed by atoms with E-state index in [-0.39, 0.29) is 52.3 Å². The van der Waals surface area contributed by atoms with Gasteiger partial charge in [-0.1, -0.05) is 31.2 Å². The van der Waals surface area contributed by atoms with Crippen molar-refractivity contribution in [3.63, 3.8) is 0 Å². The maximum absolute atomic E-state index is 13.5. The van der Waals surface area contributed by atoms with E-state index in [0.29, 0.717) is 39.1 Å². The summed E-state index contributed by atoms with van der Waals surface area (Å²) in [6, 6.07) is 6.07. The van der Waals surface area contributed by atoms with Crippen molar-refractivity contribution in [3.05, 3.63) is 57.6 Å². The molecule has 6 atom stereocenters. The Hall–Kier alpha value is -2.86. The minimum absolute atomic E-state index is 0.0223. The van der Waals surface area contributed by atoms with Crippen LogP contribution in [0.25, 0.3) is 0 Å². The molecule has 0 aromatic heterocycles. The Balaban J connectivity index is 1.40. The fourth-order valence-corrected chi connectivity index (χ4v) is 6.71. The summed E-state index contributed by atoms with van der Waals surface area (Å²) >= 11 is 0. The van der Waals surface area contributed by atoms with Gasteiger partial charge in [0.25, 0.3) is 0 Å². The molecular weight excluding hydrogens is 518 g/mol. The average Bonchev–Trinajstić information content (AvgIpc) is 2.95. The van der Waals surface area contributed by atoms with Crippen LogP contribution in [0.4, 0.5) is 0 Å². The van der Waals surface area contributed by atoms with Crippen molar-refractivity contribution in [2.45, 2.75) is 75.8 Å². The molecule has 0 bridgehead atoms. The maximum atomic E-state index is 13.5. The van der Waals surface area contributed by atoms with E-state index in [9.17, 15) is 30.0 Å². The highest BCUT2D eigenvalue weighted by molar-refractivity contribution is 6.30. The number of rotatable bonds is 4. The van der Waals surface area contributed by atoms with Crippen LogP contribution in [0, 0.1) is 0 Å². The van der Waals surface area contributed by atoms with Crippen molar-refractivity contribution in [1.29, 1.82) is 0 Å². The summed E-state index contributed by atoms with van der Waals surface area (Å²) < 4.78 is 17.9. The van der Waals surface area contributed by atoms with Crippen LogP contribution in [0.2, 0.25) is 0 Å². The van der Waals surface area contributed by atoms with Crippen LogP contribution >= 0.6 is 0 Å². The number of fused-ring (bicyclic) bond motifs is 3. The first-order valence-corrected chi connectivity index (χ1v) is 14.0. The van der Waals surface area contributed by atoms with E-state index in [0.717, 1.165) is 0 Å². The van der Waals surface area contributed by atoms with Crippen LogP contribution in [0.3, 0.4) is 0 Å². The normalized spacial score (nSPS) is 32.4. The van der Waals surface area contributed by atoms with E-state index in [1.54, 1.807) is 19.1 Å². The Morgan fingerprint density at radius 2 is 1.68 bits per heavy atom. The minimum atomic E-state index is -1.29. The number of hydrogen-bond acceptors (Lipinski definition) is 10. The van der Waals surface area contributed by atoms with Gasteiger partial charge in [-0.15, -0.1) is 0 Å². The molecule has 0 spiro atoms. The Bertz CT molecular complexity index is 1350. The largest absolute Gasteiger partial charge is 0.507 e. The van der Waals surface area contributed by atoms with Gasteiger partial charge in [0.1, 0.15) is 11.5 Å². The lowest BCUT2D eigenvalue weighted by atomic mass is 9.72. The number of nitrogens with zero attached hydrogens (tertiary/aromatic N) is 1. The summed E-state index contributed by atoms with van der Waals surface area (Å²) in [5.74, 6) is -1.97. The van der Waals surface area contributed by atoms with Gasteiger partial charge in [-0.05, 0) is 13.3 Å². The zero-order chi connectivity index (χ0) is 28.3. The van der Waals surface area contributed by atoms with Crippen LogP contribution in [0.1, 0.15) is 82.2 Å². The van der Waals surface area contributed by atoms with Gasteiger partial charge >= 0.3 is 0 Å². The van der Waals surface area contributed by atoms with Gasteiger partial charge in [-0.3, -0.25) is 14.5 Å². The number of ketones is 2. The smallest absolute Gasteiger partial charge is 0.198 e. The number of hydrogen-bond donors (Lipinski definition) is 4. The Labute approximate surface area is 232 Å². The summed E-state index contributed by atoms with van der Waals surface area (Å²) in [6.45, 7) is 6.05. The highest BCUT2D eigenvalue weighted by atomic mass is 16.7. The molecule has 2 heterocycles. The van der Waals surface area contributed by atoms with Gasteiger partial charge in [0.05, 0.1) is 48.3 Å². The molecule has 4 N–H and O–H groups in total. The fourth-order valence-electron chi connectivity index (χ4n) is 6.71. The average molecular weight is 554 g/mol. The number of aliphatic hydroxyl groups excluding tert-OH is 1. The fraction of sp³-hybridized carbons (Fsp3) is 0.533. The topological polar surface area (TPSA) is 146 Å².